The van der Waals surface area contributed by atoms with Crippen LogP contribution in [0.4, 0.5) is 5.82 Å². The van der Waals surface area contributed by atoms with E-state index >= 15 is 0 Å². The third-order valence-corrected chi connectivity index (χ3v) is 5.58. The highest BCUT2D eigenvalue weighted by Crippen LogP contribution is 2.23. The fourth-order valence-corrected chi connectivity index (χ4v) is 4.18. The summed E-state index contributed by atoms with van der Waals surface area (Å²) in [5.41, 5.74) is 6.43. The Morgan fingerprint density at radius 1 is 1.44 bits per heavy atom. The zero-order valence-corrected chi connectivity index (χ0v) is 10.6. The summed E-state index contributed by atoms with van der Waals surface area (Å²) in [5, 5.41) is 3.92. The molecule has 0 amide bonds. The van der Waals surface area contributed by atoms with E-state index in [1.807, 2.05) is 0 Å². The average Bonchev–Trinajstić information content (AvgIpc) is 2.84. The maximum atomic E-state index is 11.8. The number of nitrogens with two attached hydrogens (primary N) is 1. The van der Waals surface area contributed by atoms with Crippen LogP contribution in [-0.4, -0.2) is 34.0 Å². The second-order valence-electron chi connectivity index (χ2n) is 4.58. The zero-order chi connectivity index (χ0) is 12.8. The first kappa shape index (κ1) is 11.5. The number of anilines is 1. The maximum absolute atomic E-state index is 11.8. The van der Waals surface area contributed by atoms with E-state index in [2.05, 4.69) is 10.1 Å². The number of pyridine rings is 1. The largest absolute Gasteiger partial charge is 0.384 e. The molecular weight excluding hydrogens is 252 g/mol. The summed E-state index contributed by atoms with van der Waals surface area (Å²) in [6, 6.07) is 5.34. The molecule has 1 aliphatic rings. The SMILES string of the molecule is Nc1cccc2nc(CC3CCCS3(=O)=O)nn12. The first-order valence-electron chi connectivity index (χ1n) is 5.88. The van der Waals surface area contributed by atoms with E-state index in [4.69, 9.17) is 5.73 Å². The van der Waals surface area contributed by atoms with Crippen LogP contribution >= 0.6 is 0 Å². The number of fused-ring (bicyclic) bond motifs is 1. The average molecular weight is 266 g/mol. The highest BCUT2D eigenvalue weighted by Gasteiger charge is 2.32. The van der Waals surface area contributed by atoms with Gasteiger partial charge in [0, 0.05) is 6.42 Å². The van der Waals surface area contributed by atoms with E-state index in [0.29, 0.717) is 30.1 Å². The number of rotatable bonds is 2. The second kappa shape index (κ2) is 3.94. The molecule has 0 spiro atoms. The first-order valence-corrected chi connectivity index (χ1v) is 7.59. The Morgan fingerprint density at radius 2 is 2.28 bits per heavy atom. The Labute approximate surface area is 105 Å². The number of nitrogens with zero attached hydrogens (tertiary/aromatic N) is 3. The van der Waals surface area contributed by atoms with Crippen molar-refractivity contribution in [1.29, 1.82) is 0 Å². The first-order chi connectivity index (χ1) is 8.56. The molecule has 1 aliphatic heterocycles. The summed E-state index contributed by atoms with van der Waals surface area (Å²) >= 11 is 0. The highest BCUT2D eigenvalue weighted by atomic mass is 32.2. The number of hydrogen-bond acceptors (Lipinski definition) is 5. The minimum Gasteiger partial charge on any atom is -0.384 e. The van der Waals surface area contributed by atoms with Crippen molar-refractivity contribution in [3.8, 4) is 0 Å². The van der Waals surface area contributed by atoms with Gasteiger partial charge in [-0.15, -0.1) is 5.10 Å². The Balaban J connectivity index is 1.94. The van der Waals surface area contributed by atoms with Crippen molar-refractivity contribution >= 4 is 21.3 Å². The van der Waals surface area contributed by atoms with Crippen molar-refractivity contribution in [2.75, 3.05) is 11.5 Å². The van der Waals surface area contributed by atoms with Gasteiger partial charge >= 0.3 is 0 Å². The molecule has 0 bridgehead atoms. The molecule has 2 aromatic rings. The van der Waals surface area contributed by atoms with E-state index in [1.54, 1.807) is 18.2 Å². The van der Waals surface area contributed by atoms with Crippen molar-refractivity contribution in [3.63, 3.8) is 0 Å². The molecule has 7 heteroatoms. The van der Waals surface area contributed by atoms with Gasteiger partial charge in [-0.2, -0.15) is 4.52 Å². The Bertz CT molecular complexity index is 692. The predicted molar refractivity (Wildman–Crippen MR) is 67.9 cm³/mol. The van der Waals surface area contributed by atoms with Crippen molar-refractivity contribution in [2.45, 2.75) is 24.5 Å². The Kier molecular flexibility index (Phi) is 2.51. The van der Waals surface area contributed by atoms with Crippen molar-refractivity contribution in [2.24, 2.45) is 0 Å². The second-order valence-corrected chi connectivity index (χ2v) is 6.98. The van der Waals surface area contributed by atoms with Crippen LogP contribution in [-0.2, 0) is 16.3 Å². The van der Waals surface area contributed by atoms with Crippen molar-refractivity contribution in [3.05, 3.63) is 24.0 Å². The smallest absolute Gasteiger partial charge is 0.157 e. The molecule has 18 heavy (non-hydrogen) atoms. The van der Waals surface area contributed by atoms with E-state index < -0.39 is 9.84 Å². The lowest BCUT2D eigenvalue weighted by molar-refractivity contribution is 0.586. The number of sulfone groups is 1. The van der Waals surface area contributed by atoms with E-state index in [9.17, 15) is 8.42 Å². The van der Waals surface area contributed by atoms with Crippen LogP contribution in [0.15, 0.2) is 18.2 Å². The van der Waals surface area contributed by atoms with Crippen LogP contribution in [0, 0.1) is 0 Å². The van der Waals surface area contributed by atoms with Gasteiger partial charge in [-0.1, -0.05) is 6.07 Å². The van der Waals surface area contributed by atoms with Gasteiger partial charge in [0.15, 0.2) is 21.3 Å². The normalized spacial score (nSPS) is 22.6. The highest BCUT2D eigenvalue weighted by molar-refractivity contribution is 7.92. The summed E-state index contributed by atoms with van der Waals surface area (Å²) in [6.45, 7) is 0. The van der Waals surface area contributed by atoms with Crippen molar-refractivity contribution < 1.29 is 8.42 Å². The maximum Gasteiger partial charge on any atom is 0.157 e. The van der Waals surface area contributed by atoms with Gasteiger partial charge in [0.2, 0.25) is 0 Å². The topological polar surface area (TPSA) is 90.3 Å². The summed E-state index contributed by atoms with van der Waals surface area (Å²) in [4.78, 5) is 4.31. The quantitative estimate of drug-likeness (QED) is 0.851. The molecule has 2 N–H and O–H groups in total. The Morgan fingerprint density at radius 3 is 2.94 bits per heavy atom. The van der Waals surface area contributed by atoms with Gasteiger partial charge in [-0.3, -0.25) is 0 Å². The van der Waals surface area contributed by atoms with Crippen LogP contribution < -0.4 is 5.73 Å². The van der Waals surface area contributed by atoms with Crippen LogP contribution in [0.25, 0.3) is 5.65 Å². The fraction of sp³-hybridized carbons (Fsp3) is 0.455. The monoisotopic (exact) mass is 266 g/mol. The molecule has 2 aromatic heterocycles. The molecule has 0 aromatic carbocycles. The van der Waals surface area contributed by atoms with Crippen molar-refractivity contribution in [1.82, 2.24) is 14.6 Å². The van der Waals surface area contributed by atoms with Gasteiger partial charge in [-0.25, -0.2) is 13.4 Å². The third kappa shape index (κ3) is 1.84. The zero-order valence-electron chi connectivity index (χ0n) is 9.78. The number of nitrogen functional groups attached to an aromatic ring is 1. The van der Waals surface area contributed by atoms with Crippen LogP contribution in [0.3, 0.4) is 0 Å². The van der Waals surface area contributed by atoms with E-state index in [1.165, 1.54) is 4.52 Å². The Hall–Kier alpha value is -1.63. The van der Waals surface area contributed by atoms with Crippen LogP contribution in [0.2, 0.25) is 0 Å². The molecule has 1 atom stereocenters. The molecule has 1 saturated heterocycles. The van der Waals surface area contributed by atoms with Gasteiger partial charge in [0.05, 0.1) is 11.0 Å². The molecule has 6 nitrogen and oxygen atoms in total. The molecule has 0 aliphatic carbocycles. The molecule has 0 saturated carbocycles. The van der Waals surface area contributed by atoms with E-state index in [0.717, 1.165) is 6.42 Å². The molecule has 0 radical (unpaired) electrons. The summed E-state index contributed by atoms with van der Waals surface area (Å²) in [5.74, 6) is 1.33. The molecule has 1 fully saturated rings. The van der Waals surface area contributed by atoms with E-state index in [-0.39, 0.29) is 11.0 Å². The summed E-state index contributed by atoms with van der Waals surface area (Å²) in [6.07, 6.45) is 1.82. The van der Waals surface area contributed by atoms with Gasteiger partial charge in [0.1, 0.15) is 5.82 Å². The molecular formula is C11H14N4O2S. The lowest BCUT2D eigenvalue weighted by atomic mass is 10.2. The van der Waals surface area contributed by atoms with Crippen LogP contribution in [0.1, 0.15) is 18.7 Å². The van der Waals surface area contributed by atoms with Crippen LogP contribution in [0.5, 0.6) is 0 Å². The minimum atomic E-state index is -2.95. The molecule has 1 unspecified atom stereocenters. The lowest BCUT2D eigenvalue weighted by Gasteiger charge is -2.04. The standard InChI is InChI=1S/C11H14N4O2S/c12-9-4-1-5-11-13-10(14-15(9)11)7-8-3-2-6-18(8,16)17/h1,4-5,8H,2-3,6-7,12H2. The molecule has 3 rings (SSSR count). The molecule has 3 heterocycles. The van der Waals surface area contributed by atoms with Gasteiger partial charge in [-0.05, 0) is 25.0 Å². The van der Waals surface area contributed by atoms with Gasteiger partial charge < -0.3 is 5.73 Å². The molecule has 96 valence electrons. The van der Waals surface area contributed by atoms with Gasteiger partial charge in [0.25, 0.3) is 0 Å². The number of hydrogen-bond donors (Lipinski definition) is 1. The fourth-order valence-electron chi connectivity index (χ4n) is 2.35. The third-order valence-electron chi connectivity index (χ3n) is 3.31. The minimum absolute atomic E-state index is 0.285. The lowest BCUT2D eigenvalue weighted by Crippen LogP contribution is -2.19. The summed E-state index contributed by atoms with van der Waals surface area (Å²) in [7, 11) is -2.95. The summed E-state index contributed by atoms with van der Waals surface area (Å²) < 4.78 is 25.1. The number of aromatic nitrogens is 3. The predicted octanol–water partition coefficient (Wildman–Crippen LogP) is 0.431.